The predicted octanol–water partition coefficient (Wildman–Crippen LogP) is 1.72. The maximum atomic E-state index is 11.1. The molecule has 0 aromatic heterocycles. The van der Waals surface area contributed by atoms with E-state index in [0.29, 0.717) is 19.3 Å². The van der Waals surface area contributed by atoms with Gasteiger partial charge >= 0.3 is 5.97 Å². The predicted molar refractivity (Wildman–Crippen MR) is 55.3 cm³/mol. The van der Waals surface area contributed by atoms with E-state index in [2.05, 4.69) is 0 Å². The number of ether oxygens (including phenoxy) is 1. The molecule has 0 amide bonds. The summed E-state index contributed by atoms with van der Waals surface area (Å²) in [6, 6.07) is 0. The average molecular weight is 222 g/mol. The summed E-state index contributed by atoms with van der Waals surface area (Å²) < 4.78 is 23.8. The Labute approximate surface area is 87.3 Å². The highest BCUT2D eigenvalue weighted by molar-refractivity contribution is 7.79. The fourth-order valence-electron chi connectivity index (χ4n) is 0.887. The van der Waals surface area contributed by atoms with E-state index >= 15 is 0 Å². The number of carbonyl (C=O) groups excluding carboxylic acids is 1. The van der Waals surface area contributed by atoms with Crippen LogP contribution < -0.4 is 0 Å². The van der Waals surface area contributed by atoms with Gasteiger partial charge in [-0.05, 0) is 33.6 Å². The molecule has 0 bridgehead atoms. The highest BCUT2D eigenvalue weighted by atomic mass is 32.2. The number of carbonyl (C=O) groups is 1. The Morgan fingerprint density at radius 1 is 1.36 bits per heavy atom. The van der Waals surface area contributed by atoms with Crippen molar-refractivity contribution in [1.82, 2.24) is 0 Å². The third kappa shape index (κ3) is 9.67. The van der Waals surface area contributed by atoms with Gasteiger partial charge in [-0.3, -0.25) is 4.79 Å². The SMILES string of the molecule is CC(C)(C)OC(=O)CCCCS(=O)O. The molecule has 1 unspecified atom stereocenters. The minimum atomic E-state index is -1.75. The molecule has 0 rings (SSSR count). The molecule has 0 aromatic carbocycles. The van der Waals surface area contributed by atoms with E-state index < -0.39 is 16.7 Å². The molecule has 0 aliphatic rings. The first-order valence-electron chi connectivity index (χ1n) is 4.60. The van der Waals surface area contributed by atoms with Gasteiger partial charge in [-0.2, -0.15) is 0 Å². The van der Waals surface area contributed by atoms with E-state index in [1.54, 1.807) is 0 Å². The molecule has 0 radical (unpaired) electrons. The number of hydrogen-bond acceptors (Lipinski definition) is 3. The summed E-state index contributed by atoms with van der Waals surface area (Å²) in [5, 5.41) is 0. The molecule has 0 fully saturated rings. The van der Waals surface area contributed by atoms with Gasteiger partial charge in [0, 0.05) is 12.2 Å². The largest absolute Gasteiger partial charge is 0.460 e. The van der Waals surface area contributed by atoms with Gasteiger partial charge in [0.25, 0.3) is 0 Å². The molecular weight excluding hydrogens is 204 g/mol. The van der Waals surface area contributed by atoms with E-state index in [1.807, 2.05) is 20.8 Å². The van der Waals surface area contributed by atoms with Crippen molar-refractivity contribution in [3.63, 3.8) is 0 Å². The van der Waals surface area contributed by atoms with Crippen LogP contribution in [0.4, 0.5) is 0 Å². The highest BCUT2D eigenvalue weighted by Gasteiger charge is 2.15. The molecule has 0 heterocycles. The smallest absolute Gasteiger partial charge is 0.306 e. The van der Waals surface area contributed by atoms with Crippen molar-refractivity contribution in [3.8, 4) is 0 Å². The van der Waals surface area contributed by atoms with Crippen molar-refractivity contribution in [1.29, 1.82) is 0 Å². The van der Waals surface area contributed by atoms with Gasteiger partial charge in [0.2, 0.25) is 0 Å². The van der Waals surface area contributed by atoms with Gasteiger partial charge in [0.05, 0.1) is 0 Å². The van der Waals surface area contributed by atoms with Crippen LogP contribution in [0.1, 0.15) is 40.0 Å². The lowest BCUT2D eigenvalue weighted by atomic mass is 10.2. The molecule has 14 heavy (non-hydrogen) atoms. The molecule has 1 atom stereocenters. The Balaban J connectivity index is 3.50. The first-order valence-corrected chi connectivity index (χ1v) is 5.88. The normalized spacial score (nSPS) is 13.7. The Kier molecular flexibility index (Phi) is 5.95. The lowest BCUT2D eigenvalue weighted by Crippen LogP contribution is -2.23. The molecule has 0 aliphatic carbocycles. The Morgan fingerprint density at radius 3 is 2.36 bits per heavy atom. The minimum Gasteiger partial charge on any atom is -0.460 e. The average Bonchev–Trinajstić information content (AvgIpc) is 1.94. The van der Waals surface area contributed by atoms with Crippen LogP contribution in [-0.2, 0) is 20.6 Å². The van der Waals surface area contributed by atoms with Crippen LogP contribution >= 0.6 is 0 Å². The van der Waals surface area contributed by atoms with Crippen molar-refractivity contribution in [2.24, 2.45) is 0 Å². The Morgan fingerprint density at radius 2 is 1.93 bits per heavy atom. The molecule has 0 aliphatic heterocycles. The van der Waals surface area contributed by atoms with Gasteiger partial charge in [-0.25, -0.2) is 4.21 Å². The molecule has 4 nitrogen and oxygen atoms in total. The lowest BCUT2D eigenvalue weighted by molar-refractivity contribution is -0.154. The monoisotopic (exact) mass is 222 g/mol. The summed E-state index contributed by atoms with van der Waals surface area (Å²) in [6.45, 7) is 5.44. The molecule has 0 saturated heterocycles. The van der Waals surface area contributed by atoms with E-state index in [0.717, 1.165) is 0 Å². The van der Waals surface area contributed by atoms with Crippen LogP contribution in [-0.4, -0.2) is 26.1 Å². The zero-order valence-corrected chi connectivity index (χ0v) is 9.73. The molecule has 1 N–H and O–H groups in total. The second-order valence-electron chi connectivity index (χ2n) is 4.07. The van der Waals surface area contributed by atoms with Crippen LogP contribution in [0.25, 0.3) is 0 Å². The molecule has 0 spiro atoms. The number of rotatable bonds is 5. The maximum Gasteiger partial charge on any atom is 0.306 e. The number of esters is 1. The quantitative estimate of drug-likeness (QED) is 0.437. The fourth-order valence-corrected chi connectivity index (χ4v) is 1.34. The second-order valence-corrected chi connectivity index (χ2v) is 5.12. The highest BCUT2D eigenvalue weighted by Crippen LogP contribution is 2.09. The second kappa shape index (κ2) is 6.14. The zero-order chi connectivity index (χ0) is 11.2. The molecule has 5 heteroatoms. The lowest BCUT2D eigenvalue weighted by Gasteiger charge is -2.19. The van der Waals surface area contributed by atoms with E-state index in [9.17, 15) is 9.00 Å². The molecule has 0 saturated carbocycles. The number of hydrogen-bond donors (Lipinski definition) is 1. The van der Waals surface area contributed by atoms with Crippen molar-refractivity contribution in [2.75, 3.05) is 5.75 Å². The van der Waals surface area contributed by atoms with Gasteiger partial charge < -0.3 is 9.29 Å². The van der Waals surface area contributed by atoms with Crippen LogP contribution in [0.5, 0.6) is 0 Å². The summed E-state index contributed by atoms with van der Waals surface area (Å²) in [4.78, 5) is 11.1. The van der Waals surface area contributed by atoms with Crippen molar-refractivity contribution >= 4 is 17.0 Å². The summed E-state index contributed by atoms with van der Waals surface area (Å²) in [7, 11) is 0. The number of unbranched alkanes of at least 4 members (excludes halogenated alkanes) is 1. The first kappa shape index (κ1) is 13.6. The van der Waals surface area contributed by atoms with Crippen molar-refractivity contribution < 1.29 is 18.3 Å². The summed E-state index contributed by atoms with van der Waals surface area (Å²) in [6.07, 6.45) is 1.48. The van der Waals surface area contributed by atoms with Gasteiger partial charge in [-0.15, -0.1) is 0 Å². The van der Waals surface area contributed by atoms with E-state index in [-0.39, 0.29) is 11.7 Å². The molecule has 0 aromatic rings. The maximum absolute atomic E-state index is 11.1. The van der Waals surface area contributed by atoms with Crippen molar-refractivity contribution in [2.45, 2.75) is 45.6 Å². The molecule has 84 valence electrons. The fraction of sp³-hybridized carbons (Fsp3) is 0.889. The van der Waals surface area contributed by atoms with Gasteiger partial charge in [0.15, 0.2) is 11.1 Å². The van der Waals surface area contributed by atoms with Crippen LogP contribution in [0.15, 0.2) is 0 Å². The zero-order valence-electron chi connectivity index (χ0n) is 8.91. The Bertz CT molecular complexity index is 207. The van der Waals surface area contributed by atoms with Crippen LogP contribution in [0.3, 0.4) is 0 Å². The third-order valence-corrected chi connectivity index (χ3v) is 2.01. The molecular formula is C9H18O4S. The van der Waals surface area contributed by atoms with E-state index in [1.165, 1.54) is 0 Å². The van der Waals surface area contributed by atoms with Crippen molar-refractivity contribution in [3.05, 3.63) is 0 Å². The third-order valence-electron chi connectivity index (χ3n) is 1.37. The van der Waals surface area contributed by atoms with Gasteiger partial charge in [0.1, 0.15) is 5.60 Å². The summed E-state index contributed by atoms with van der Waals surface area (Å²) in [5.41, 5.74) is -0.448. The summed E-state index contributed by atoms with van der Waals surface area (Å²) in [5.74, 6) is -0.0239. The van der Waals surface area contributed by atoms with Crippen LogP contribution in [0, 0.1) is 0 Å². The topological polar surface area (TPSA) is 63.6 Å². The van der Waals surface area contributed by atoms with Crippen LogP contribution in [0.2, 0.25) is 0 Å². The first-order chi connectivity index (χ1) is 6.31. The minimum absolute atomic E-state index is 0.225. The standard InChI is InChI=1S/C9H18O4S/c1-9(2,3)13-8(10)6-4-5-7-14(11)12/h4-7H2,1-3H3,(H,11,12). The Hall–Kier alpha value is -0.420. The van der Waals surface area contributed by atoms with Gasteiger partial charge in [-0.1, -0.05) is 0 Å². The summed E-state index contributed by atoms with van der Waals surface area (Å²) >= 11 is -1.75. The van der Waals surface area contributed by atoms with E-state index in [4.69, 9.17) is 9.29 Å².